The third-order valence-electron chi connectivity index (χ3n) is 1.76. The van der Waals surface area contributed by atoms with Crippen LogP contribution in [0.5, 0.6) is 0 Å². The van der Waals surface area contributed by atoms with Crippen molar-refractivity contribution < 1.29 is 0 Å². The van der Waals surface area contributed by atoms with Gasteiger partial charge >= 0.3 is 0 Å². The number of nitrogens with one attached hydrogen (secondary N) is 3. The number of rotatable bonds is 3. The molecule has 1 rings (SSSR count). The van der Waals surface area contributed by atoms with Crippen LogP contribution >= 0.6 is 0 Å². The van der Waals surface area contributed by atoms with E-state index in [0.29, 0.717) is 0 Å². The van der Waals surface area contributed by atoms with E-state index in [0.717, 1.165) is 11.4 Å². The molecule has 0 aromatic rings. The van der Waals surface area contributed by atoms with Gasteiger partial charge in [-0.3, -0.25) is 5.84 Å². The zero-order valence-electron chi connectivity index (χ0n) is 7.96. The first-order chi connectivity index (χ1) is 6.13. The lowest BCUT2D eigenvalue weighted by Crippen LogP contribution is -2.42. The Kier molecular flexibility index (Phi) is 3.16. The third kappa shape index (κ3) is 2.64. The standard InChI is InChI=1S/C8H17N5/c1-5(9)3-7(13-10)8-11-4-6(2)12-8/h3-5,8,11-13H,9-10H2,1-2H3/b7-3+. The topological polar surface area (TPSA) is 88.1 Å². The van der Waals surface area contributed by atoms with Gasteiger partial charge in [0, 0.05) is 17.9 Å². The molecule has 1 aliphatic heterocycles. The highest BCUT2D eigenvalue weighted by Crippen LogP contribution is 2.04. The summed E-state index contributed by atoms with van der Waals surface area (Å²) in [5.74, 6) is 5.37. The van der Waals surface area contributed by atoms with Gasteiger partial charge in [0.15, 0.2) is 0 Å². The summed E-state index contributed by atoms with van der Waals surface area (Å²) >= 11 is 0. The minimum absolute atomic E-state index is 0.0102. The van der Waals surface area contributed by atoms with Crippen molar-refractivity contribution in [2.45, 2.75) is 26.1 Å². The van der Waals surface area contributed by atoms with Crippen LogP contribution in [0.15, 0.2) is 23.7 Å². The highest BCUT2D eigenvalue weighted by Gasteiger charge is 2.16. The first-order valence-electron chi connectivity index (χ1n) is 4.26. The zero-order valence-corrected chi connectivity index (χ0v) is 7.96. The van der Waals surface area contributed by atoms with Gasteiger partial charge in [-0.1, -0.05) is 0 Å². The molecule has 0 saturated heterocycles. The van der Waals surface area contributed by atoms with Crippen molar-refractivity contribution in [3.8, 4) is 0 Å². The van der Waals surface area contributed by atoms with Crippen LogP contribution in [0.3, 0.4) is 0 Å². The quantitative estimate of drug-likeness (QED) is 0.288. The van der Waals surface area contributed by atoms with E-state index in [-0.39, 0.29) is 12.2 Å². The van der Waals surface area contributed by atoms with E-state index >= 15 is 0 Å². The fourth-order valence-electron chi connectivity index (χ4n) is 1.20. The van der Waals surface area contributed by atoms with Crippen LogP contribution in [-0.4, -0.2) is 12.2 Å². The van der Waals surface area contributed by atoms with E-state index < -0.39 is 0 Å². The van der Waals surface area contributed by atoms with Crippen molar-refractivity contribution in [3.05, 3.63) is 23.7 Å². The molecule has 0 bridgehead atoms. The second-order valence-electron chi connectivity index (χ2n) is 3.20. The predicted octanol–water partition coefficient (Wildman–Crippen LogP) is -0.939. The Morgan fingerprint density at radius 2 is 2.46 bits per heavy atom. The van der Waals surface area contributed by atoms with Crippen molar-refractivity contribution in [1.82, 2.24) is 16.1 Å². The van der Waals surface area contributed by atoms with E-state index in [2.05, 4.69) is 16.1 Å². The van der Waals surface area contributed by atoms with Crippen molar-refractivity contribution in [2.75, 3.05) is 0 Å². The van der Waals surface area contributed by atoms with Gasteiger partial charge in [-0.25, -0.2) is 0 Å². The summed E-state index contributed by atoms with van der Waals surface area (Å²) in [4.78, 5) is 0. The highest BCUT2D eigenvalue weighted by molar-refractivity contribution is 5.18. The van der Waals surface area contributed by atoms with Crippen LogP contribution in [0.1, 0.15) is 13.8 Å². The first-order valence-corrected chi connectivity index (χ1v) is 4.26. The van der Waals surface area contributed by atoms with Crippen molar-refractivity contribution in [3.63, 3.8) is 0 Å². The molecule has 0 spiro atoms. The lowest BCUT2D eigenvalue weighted by atomic mass is 10.2. The number of hydrazine groups is 1. The number of hydrogen-bond donors (Lipinski definition) is 5. The highest BCUT2D eigenvalue weighted by atomic mass is 15.3. The summed E-state index contributed by atoms with van der Waals surface area (Å²) in [6.07, 6.45) is 3.78. The molecule has 74 valence electrons. The second kappa shape index (κ2) is 4.15. The molecule has 5 nitrogen and oxygen atoms in total. The van der Waals surface area contributed by atoms with E-state index in [1.54, 1.807) is 0 Å². The summed E-state index contributed by atoms with van der Waals surface area (Å²) < 4.78 is 0. The van der Waals surface area contributed by atoms with Crippen molar-refractivity contribution in [2.24, 2.45) is 11.6 Å². The van der Waals surface area contributed by atoms with Gasteiger partial charge in [0.1, 0.15) is 6.17 Å². The van der Waals surface area contributed by atoms with Crippen LogP contribution < -0.4 is 27.6 Å². The molecule has 0 aromatic heterocycles. The molecule has 0 fully saturated rings. The SMILES string of the molecule is CC1=CNC(/C(=C\C(C)N)NN)N1. The Balaban J connectivity index is 2.59. The summed E-state index contributed by atoms with van der Waals surface area (Å²) in [5.41, 5.74) is 10.2. The molecular formula is C8H17N5. The molecule has 1 aliphatic rings. The minimum Gasteiger partial charge on any atom is -0.365 e. The Morgan fingerprint density at radius 1 is 1.77 bits per heavy atom. The summed E-state index contributed by atoms with van der Waals surface area (Å²) in [6, 6.07) is -0.0180. The van der Waals surface area contributed by atoms with Gasteiger partial charge in [-0.05, 0) is 19.9 Å². The molecule has 0 aromatic carbocycles. The number of allylic oxidation sites excluding steroid dienone is 1. The fraction of sp³-hybridized carbons (Fsp3) is 0.500. The second-order valence-corrected chi connectivity index (χ2v) is 3.20. The predicted molar refractivity (Wildman–Crippen MR) is 52.9 cm³/mol. The van der Waals surface area contributed by atoms with Crippen LogP contribution in [0.25, 0.3) is 0 Å². The molecule has 13 heavy (non-hydrogen) atoms. The van der Waals surface area contributed by atoms with E-state index in [1.165, 1.54) is 0 Å². The molecule has 0 saturated carbocycles. The number of nitrogens with two attached hydrogens (primary N) is 2. The third-order valence-corrected chi connectivity index (χ3v) is 1.76. The van der Waals surface area contributed by atoms with Crippen LogP contribution in [-0.2, 0) is 0 Å². The van der Waals surface area contributed by atoms with Crippen molar-refractivity contribution in [1.29, 1.82) is 0 Å². The van der Waals surface area contributed by atoms with E-state index in [1.807, 2.05) is 26.1 Å². The Morgan fingerprint density at radius 3 is 2.85 bits per heavy atom. The summed E-state index contributed by atoms with van der Waals surface area (Å²) in [5, 5.41) is 6.32. The summed E-state index contributed by atoms with van der Waals surface area (Å²) in [6.45, 7) is 3.87. The number of hydrogen-bond acceptors (Lipinski definition) is 5. The van der Waals surface area contributed by atoms with Gasteiger partial charge in [-0.15, -0.1) is 0 Å². The van der Waals surface area contributed by atoms with Crippen LogP contribution in [0.2, 0.25) is 0 Å². The summed E-state index contributed by atoms with van der Waals surface area (Å²) in [7, 11) is 0. The molecule has 2 unspecified atom stereocenters. The largest absolute Gasteiger partial charge is 0.365 e. The fourth-order valence-corrected chi connectivity index (χ4v) is 1.20. The van der Waals surface area contributed by atoms with Crippen LogP contribution in [0.4, 0.5) is 0 Å². The zero-order chi connectivity index (χ0) is 9.84. The Labute approximate surface area is 78.2 Å². The maximum absolute atomic E-state index is 5.63. The first kappa shape index (κ1) is 9.88. The molecule has 0 aliphatic carbocycles. The maximum Gasteiger partial charge on any atom is 0.138 e. The molecular weight excluding hydrogens is 166 g/mol. The molecule has 2 atom stereocenters. The molecule has 1 heterocycles. The van der Waals surface area contributed by atoms with E-state index in [9.17, 15) is 0 Å². The van der Waals surface area contributed by atoms with Gasteiger partial charge in [0.25, 0.3) is 0 Å². The maximum atomic E-state index is 5.63. The average Bonchev–Trinajstić information content (AvgIpc) is 2.47. The monoisotopic (exact) mass is 183 g/mol. The minimum atomic E-state index is -0.0180. The van der Waals surface area contributed by atoms with Gasteiger partial charge < -0.3 is 21.8 Å². The van der Waals surface area contributed by atoms with Crippen LogP contribution in [0, 0.1) is 0 Å². The smallest absolute Gasteiger partial charge is 0.138 e. The Bertz CT molecular complexity index is 231. The normalized spacial score (nSPS) is 24.5. The van der Waals surface area contributed by atoms with Crippen molar-refractivity contribution >= 4 is 0 Å². The molecule has 5 heteroatoms. The van der Waals surface area contributed by atoms with Gasteiger partial charge in [0.05, 0.1) is 5.70 Å². The lowest BCUT2D eigenvalue weighted by Gasteiger charge is -2.17. The molecule has 7 N–H and O–H groups in total. The van der Waals surface area contributed by atoms with Gasteiger partial charge in [0.2, 0.25) is 0 Å². The van der Waals surface area contributed by atoms with Gasteiger partial charge in [-0.2, -0.15) is 0 Å². The lowest BCUT2D eigenvalue weighted by molar-refractivity contribution is 0.583. The Hall–Kier alpha value is -1.20. The molecule has 0 radical (unpaired) electrons. The molecule has 0 amide bonds. The van der Waals surface area contributed by atoms with E-state index in [4.69, 9.17) is 11.6 Å². The average molecular weight is 183 g/mol.